The molecule has 1 fully saturated rings. The number of hydrogen-bond donors (Lipinski definition) is 3. The molecule has 2 aliphatic heterocycles. The van der Waals surface area contributed by atoms with Crippen molar-refractivity contribution >= 4 is 17.5 Å². The lowest BCUT2D eigenvalue weighted by molar-refractivity contribution is -0.142. The van der Waals surface area contributed by atoms with Gasteiger partial charge in [-0.05, 0) is 66.6 Å². The van der Waals surface area contributed by atoms with Crippen molar-refractivity contribution in [1.82, 2.24) is 10.3 Å². The standard InChI is InChI=1S/C33H31N3O6/c37-20-30-32-28(27-15-23(10-13-29(27)42-32)36-33(39)22-5-4-14-34-19-22)16-26(41-30)17-31(38)35-18-21-8-11-25(12-9-21)40-24-6-2-1-3-7-24/h1-15,19,26,28,30,32,37H,16-18,20H2,(H,35,38)(H,36,39)/t26-,28+,30-,32-/m0/s1. The van der Waals surface area contributed by atoms with E-state index in [2.05, 4.69) is 15.6 Å². The molecule has 0 bridgehead atoms. The minimum absolute atomic E-state index is 0.0869. The van der Waals surface area contributed by atoms with E-state index >= 15 is 0 Å². The molecule has 1 saturated heterocycles. The third-order valence-corrected chi connectivity index (χ3v) is 7.49. The van der Waals surface area contributed by atoms with Crippen LogP contribution in [0.2, 0.25) is 0 Å². The quantitative estimate of drug-likeness (QED) is 0.266. The molecule has 9 heteroatoms. The van der Waals surface area contributed by atoms with Gasteiger partial charge in [-0.15, -0.1) is 0 Å². The fourth-order valence-corrected chi connectivity index (χ4v) is 5.45. The van der Waals surface area contributed by atoms with Gasteiger partial charge in [-0.3, -0.25) is 14.6 Å². The third kappa shape index (κ3) is 6.27. The van der Waals surface area contributed by atoms with Gasteiger partial charge in [-0.1, -0.05) is 30.3 Å². The Morgan fingerprint density at radius 3 is 2.55 bits per heavy atom. The fraction of sp³-hybridized carbons (Fsp3) is 0.242. The van der Waals surface area contributed by atoms with Gasteiger partial charge >= 0.3 is 0 Å². The van der Waals surface area contributed by atoms with Crippen molar-refractivity contribution in [3.05, 3.63) is 114 Å². The number of rotatable bonds is 9. The first-order chi connectivity index (χ1) is 20.6. The SMILES string of the molecule is O=C(C[C@@H]1C[C@@H]2c3cc(NC(=O)c4cccnc4)ccc3O[C@@H]2[C@H](CO)O1)NCc1ccc(Oc2ccccc2)cc1. The van der Waals surface area contributed by atoms with Crippen LogP contribution in [-0.2, 0) is 16.1 Å². The number of nitrogens with zero attached hydrogens (tertiary/aromatic N) is 1. The van der Waals surface area contributed by atoms with Crippen molar-refractivity contribution in [2.24, 2.45) is 0 Å². The maximum Gasteiger partial charge on any atom is 0.257 e. The average Bonchev–Trinajstić information content (AvgIpc) is 3.39. The summed E-state index contributed by atoms with van der Waals surface area (Å²) in [4.78, 5) is 29.5. The van der Waals surface area contributed by atoms with E-state index in [1.165, 1.54) is 6.20 Å². The summed E-state index contributed by atoms with van der Waals surface area (Å²) >= 11 is 0. The van der Waals surface area contributed by atoms with E-state index in [0.29, 0.717) is 30.0 Å². The van der Waals surface area contributed by atoms with Crippen molar-refractivity contribution in [1.29, 1.82) is 0 Å². The smallest absolute Gasteiger partial charge is 0.257 e. The number of pyridine rings is 1. The number of anilines is 1. The first-order valence-corrected chi connectivity index (χ1v) is 13.9. The zero-order valence-electron chi connectivity index (χ0n) is 22.8. The molecule has 42 heavy (non-hydrogen) atoms. The number of aromatic nitrogens is 1. The van der Waals surface area contributed by atoms with Crippen LogP contribution in [0.5, 0.6) is 17.2 Å². The molecule has 0 aliphatic carbocycles. The molecule has 0 spiro atoms. The minimum atomic E-state index is -0.570. The summed E-state index contributed by atoms with van der Waals surface area (Å²) in [6, 6.07) is 26.0. The molecule has 4 aromatic rings. The average molecular weight is 566 g/mol. The van der Waals surface area contributed by atoms with Gasteiger partial charge in [0.15, 0.2) is 0 Å². The van der Waals surface area contributed by atoms with E-state index in [-0.39, 0.29) is 36.9 Å². The van der Waals surface area contributed by atoms with E-state index < -0.39 is 12.2 Å². The van der Waals surface area contributed by atoms with Crippen LogP contribution >= 0.6 is 0 Å². The predicted molar refractivity (Wildman–Crippen MR) is 156 cm³/mol. The van der Waals surface area contributed by atoms with E-state index in [1.54, 1.807) is 24.4 Å². The van der Waals surface area contributed by atoms with Crippen LogP contribution in [0.25, 0.3) is 0 Å². The van der Waals surface area contributed by atoms with Gasteiger partial charge in [0.2, 0.25) is 5.91 Å². The number of carbonyl (C=O) groups excluding carboxylic acids is 2. The van der Waals surface area contributed by atoms with Crippen LogP contribution in [0.1, 0.15) is 40.2 Å². The van der Waals surface area contributed by atoms with E-state index in [4.69, 9.17) is 14.2 Å². The molecular weight excluding hydrogens is 534 g/mol. The van der Waals surface area contributed by atoms with Crippen molar-refractivity contribution in [3.63, 3.8) is 0 Å². The lowest BCUT2D eigenvalue weighted by atomic mass is 9.84. The molecular formula is C33H31N3O6. The lowest BCUT2D eigenvalue weighted by Gasteiger charge is -2.37. The number of amides is 2. The van der Waals surface area contributed by atoms with Crippen LogP contribution in [-0.4, -0.2) is 46.8 Å². The van der Waals surface area contributed by atoms with Gasteiger partial charge in [-0.2, -0.15) is 0 Å². The normalized spacial score (nSPS) is 20.5. The number of aliphatic hydroxyl groups excluding tert-OH is 1. The number of fused-ring (bicyclic) bond motifs is 3. The number of carbonyl (C=O) groups is 2. The molecule has 3 heterocycles. The second-order valence-electron chi connectivity index (χ2n) is 10.4. The lowest BCUT2D eigenvalue weighted by Crippen LogP contribution is -2.47. The summed E-state index contributed by atoms with van der Waals surface area (Å²) in [5.74, 6) is 1.68. The number of nitrogens with one attached hydrogen (secondary N) is 2. The summed E-state index contributed by atoms with van der Waals surface area (Å²) < 4.78 is 18.1. The Hall–Kier alpha value is -4.73. The van der Waals surface area contributed by atoms with Crippen LogP contribution in [0.3, 0.4) is 0 Å². The molecule has 0 saturated carbocycles. The van der Waals surface area contributed by atoms with Gasteiger partial charge < -0.3 is 30.0 Å². The van der Waals surface area contributed by atoms with Crippen molar-refractivity contribution < 1.29 is 28.9 Å². The Kier molecular flexibility index (Phi) is 8.12. The highest BCUT2D eigenvalue weighted by molar-refractivity contribution is 6.04. The Morgan fingerprint density at radius 1 is 0.976 bits per heavy atom. The van der Waals surface area contributed by atoms with E-state index in [0.717, 1.165) is 22.6 Å². The summed E-state index contributed by atoms with van der Waals surface area (Å²) in [6.07, 6.45) is 2.49. The molecule has 4 atom stereocenters. The zero-order chi connectivity index (χ0) is 28.9. The molecule has 2 amide bonds. The maximum absolute atomic E-state index is 12.9. The molecule has 1 aromatic heterocycles. The molecule has 3 aromatic carbocycles. The van der Waals surface area contributed by atoms with Crippen molar-refractivity contribution in [2.45, 2.75) is 43.6 Å². The largest absolute Gasteiger partial charge is 0.487 e. The zero-order valence-corrected chi connectivity index (χ0v) is 22.8. The molecule has 0 radical (unpaired) electrons. The summed E-state index contributed by atoms with van der Waals surface area (Å²) in [6.45, 7) is 0.147. The number of hydrogen-bond acceptors (Lipinski definition) is 7. The third-order valence-electron chi connectivity index (χ3n) is 7.49. The molecule has 2 aliphatic rings. The fourth-order valence-electron chi connectivity index (χ4n) is 5.45. The van der Waals surface area contributed by atoms with Crippen LogP contribution in [0.15, 0.2) is 97.3 Å². The Balaban J connectivity index is 1.06. The highest BCUT2D eigenvalue weighted by Crippen LogP contribution is 2.47. The van der Waals surface area contributed by atoms with Gasteiger partial charge in [-0.25, -0.2) is 0 Å². The van der Waals surface area contributed by atoms with Crippen molar-refractivity contribution in [2.75, 3.05) is 11.9 Å². The van der Waals surface area contributed by atoms with Crippen molar-refractivity contribution in [3.8, 4) is 17.2 Å². The van der Waals surface area contributed by atoms with Crippen LogP contribution < -0.4 is 20.1 Å². The first kappa shape index (κ1) is 27.4. The highest BCUT2D eigenvalue weighted by Gasteiger charge is 2.46. The number of ether oxygens (including phenoxy) is 3. The summed E-state index contributed by atoms with van der Waals surface area (Å²) in [5, 5.41) is 15.9. The summed E-state index contributed by atoms with van der Waals surface area (Å²) in [5.41, 5.74) is 2.96. The van der Waals surface area contributed by atoms with Gasteiger partial charge in [0.05, 0.1) is 24.7 Å². The van der Waals surface area contributed by atoms with Gasteiger partial charge in [0, 0.05) is 36.1 Å². The number of benzene rings is 3. The van der Waals surface area contributed by atoms with E-state index in [1.807, 2.05) is 66.7 Å². The summed E-state index contributed by atoms with van der Waals surface area (Å²) in [7, 11) is 0. The topological polar surface area (TPSA) is 119 Å². The maximum atomic E-state index is 12.9. The number of aliphatic hydroxyl groups is 1. The second kappa shape index (κ2) is 12.4. The molecule has 6 rings (SSSR count). The van der Waals surface area contributed by atoms with Gasteiger partial charge in [0.1, 0.15) is 29.5 Å². The van der Waals surface area contributed by atoms with Crippen LogP contribution in [0.4, 0.5) is 5.69 Å². The minimum Gasteiger partial charge on any atom is -0.487 e. The Morgan fingerprint density at radius 2 is 1.79 bits per heavy atom. The Labute approximate surface area is 243 Å². The Bertz CT molecular complexity index is 1530. The molecule has 3 N–H and O–H groups in total. The van der Waals surface area contributed by atoms with E-state index in [9.17, 15) is 14.7 Å². The number of para-hydroxylation sites is 1. The molecule has 9 nitrogen and oxygen atoms in total. The monoisotopic (exact) mass is 565 g/mol. The molecule has 0 unspecified atom stereocenters. The van der Waals surface area contributed by atoms with Gasteiger partial charge in [0.25, 0.3) is 5.91 Å². The first-order valence-electron chi connectivity index (χ1n) is 13.9. The second-order valence-corrected chi connectivity index (χ2v) is 10.4. The highest BCUT2D eigenvalue weighted by atomic mass is 16.6. The molecule has 214 valence electrons. The van der Waals surface area contributed by atoms with Crippen LogP contribution in [0, 0.1) is 0 Å². The predicted octanol–water partition coefficient (Wildman–Crippen LogP) is 4.83.